The smallest absolute Gasteiger partial charge is 0.419 e. The SMILES string of the molecule is CCc1cccc(C(=O)Oc2ccccc2OC(F)(F)F)c1CC. The quantitative estimate of drug-likeness (QED) is 0.573. The van der Waals surface area contributed by atoms with E-state index < -0.39 is 18.1 Å². The monoisotopic (exact) mass is 338 g/mol. The van der Waals surface area contributed by atoms with E-state index in [4.69, 9.17) is 4.74 Å². The number of carbonyl (C=O) groups excluding carboxylic acids is 1. The number of alkyl halides is 3. The van der Waals surface area contributed by atoms with Crippen molar-refractivity contribution in [1.82, 2.24) is 0 Å². The molecule has 0 unspecified atom stereocenters. The van der Waals surface area contributed by atoms with Crippen molar-refractivity contribution in [2.45, 2.75) is 33.1 Å². The predicted molar refractivity (Wildman–Crippen MR) is 83.3 cm³/mol. The fourth-order valence-electron chi connectivity index (χ4n) is 2.47. The predicted octanol–water partition coefficient (Wildman–Crippen LogP) is 4.93. The first kappa shape index (κ1) is 17.8. The summed E-state index contributed by atoms with van der Waals surface area (Å²) in [5.41, 5.74) is 2.18. The molecule has 0 radical (unpaired) electrons. The second kappa shape index (κ2) is 7.38. The standard InChI is InChI=1S/C18H17F3O3/c1-3-12-8-7-9-14(13(12)4-2)17(22)23-15-10-5-6-11-16(15)24-18(19,20)21/h5-11H,3-4H2,1-2H3. The van der Waals surface area contributed by atoms with Crippen molar-refractivity contribution in [2.75, 3.05) is 0 Å². The molecule has 6 heteroatoms. The summed E-state index contributed by atoms with van der Waals surface area (Å²) in [5, 5.41) is 0. The van der Waals surface area contributed by atoms with Crippen molar-refractivity contribution in [1.29, 1.82) is 0 Å². The number of halogens is 3. The van der Waals surface area contributed by atoms with Crippen LogP contribution in [-0.2, 0) is 12.8 Å². The third-order valence-corrected chi connectivity index (χ3v) is 3.50. The lowest BCUT2D eigenvalue weighted by molar-refractivity contribution is -0.275. The minimum Gasteiger partial charge on any atom is -0.419 e. The number of hydrogen-bond acceptors (Lipinski definition) is 3. The van der Waals surface area contributed by atoms with Crippen molar-refractivity contribution in [3.05, 3.63) is 59.2 Å². The molecule has 0 N–H and O–H groups in total. The van der Waals surface area contributed by atoms with Crippen LogP contribution in [0.4, 0.5) is 13.2 Å². The Kier molecular flexibility index (Phi) is 5.49. The van der Waals surface area contributed by atoms with E-state index in [1.165, 1.54) is 18.2 Å². The Morgan fingerprint density at radius 3 is 2.21 bits per heavy atom. The largest absolute Gasteiger partial charge is 0.573 e. The van der Waals surface area contributed by atoms with Gasteiger partial charge in [-0.2, -0.15) is 0 Å². The summed E-state index contributed by atoms with van der Waals surface area (Å²) in [4.78, 5) is 12.4. The zero-order valence-electron chi connectivity index (χ0n) is 13.3. The highest BCUT2D eigenvalue weighted by Gasteiger charge is 2.32. The molecule has 0 heterocycles. The first-order valence-corrected chi connectivity index (χ1v) is 7.53. The zero-order valence-corrected chi connectivity index (χ0v) is 13.3. The Morgan fingerprint density at radius 1 is 0.958 bits per heavy atom. The summed E-state index contributed by atoms with van der Waals surface area (Å²) in [7, 11) is 0. The van der Waals surface area contributed by atoms with Crippen molar-refractivity contribution in [2.24, 2.45) is 0 Å². The van der Waals surface area contributed by atoms with E-state index in [1.807, 2.05) is 19.9 Å². The summed E-state index contributed by atoms with van der Waals surface area (Å²) in [6.45, 7) is 3.88. The Hall–Kier alpha value is -2.50. The fourth-order valence-corrected chi connectivity index (χ4v) is 2.47. The topological polar surface area (TPSA) is 35.5 Å². The van der Waals surface area contributed by atoms with Gasteiger partial charge in [0.2, 0.25) is 0 Å². The molecule has 0 saturated carbocycles. The van der Waals surface area contributed by atoms with Crippen molar-refractivity contribution >= 4 is 5.97 Å². The van der Waals surface area contributed by atoms with Gasteiger partial charge in [-0.1, -0.05) is 38.1 Å². The molecule has 0 atom stereocenters. The number of benzene rings is 2. The third-order valence-electron chi connectivity index (χ3n) is 3.50. The normalized spacial score (nSPS) is 11.2. The Bertz CT molecular complexity index is 724. The fraction of sp³-hybridized carbons (Fsp3) is 0.278. The maximum Gasteiger partial charge on any atom is 0.573 e. The van der Waals surface area contributed by atoms with Crippen LogP contribution >= 0.6 is 0 Å². The van der Waals surface area contributed by atoms with Gasteiger partial charge in [-0.25, -0.2) is 4.79 Å². The average Bonchev–Trinajstić information content (AvgIpc) is 2.54. The number of esters is 1. The number of hydrogen-bond donors (Lipinski definition) is 0. The van der Waals surface area contributed by atoms with Crippen LogP contribution in [0, 0.1) is 0 Å². The Balaban J connectivity index is 2.31. The lowest BCUT2D eigenvalue weighted by Crippen LogP contribution is -2.19. The van der Waals surface area contributed by atoms with Gasteiger partial charge in [-0.15, -0.1) is 13.2 Å². The van der Waals surface area contributed by atoms with E-state index in [9.17, 15) is 18.0 Å². The van der Waals surface area contributed by atoms with Crippen LogP contribution in [0.5, 0.6) is 11.5 Å². The van der Waals surface area contributed by atoms with Gasteiger partial charge in [0.15, 0.2) is 11.5 Å². The molecule has 0 aliphatic rings. The van der Waals surface area contributed by atoms with Crippen LogP contribution in [0.1, 0.15) is 35.3 Å². The highest BCUT2D eigenvalue weighted by molar-refractivity contribution is 5.93. The maximum atomic E-state index is 12.4. The van der Waals surface area contributed by atoms with Crippen LogP contribution < -0.4 is 9.47 Å². The second-order valence-corrected chi connectivity index (χ2v) is 5.03. The van der Waals surface area contributed by atoms with Crippen molar-refractivity contribution in [3.63, 3.8) is 0 Å². The molecule has 2 aromatic carbocycles. The molecular formula is C18H17F3O3. The zero-order chi connectivity index (χ0) is 17.7. The molecule has 0 aromatic heterocycles. The van der Waals surface area contributed by atoms with Gasteiger partial charge in [0.25, 0.3) is 0 Å². The van der Waals surface area contributed by atoms with Gasteiger partial charge in [0, 0.05) is 0 Å². The first-order valence-electron chi connectivity index (χ1n) is 7.53. The molecule has 0 saturated heterocycles. The Labute approximate surface area is 138 Å². The number of ether oxygens (including phenoxy) is 2. The van der Waals surface area contributed by atoms with Crippen LogP contribution in [0.3, 0.4) is 0 Å². The van der Waals surface area contributed by atoms with E-state index >= 15 is 0 Å². The molecule has 0 fully saturated rings. The number of para-hydroxylation sites is 2. The van der Waals surface area contributed by atoms with E-state index in [1.54, 1.807) is 12.1 Å². The van der Waals surface area contributed by atoms with Gasteiger partial charge < -0.3 is 9.47 Å². The average molecular weight is 338 g/mol. The van der Waals surface area contributed by atoms with Gasteiger partial charge in [0.1, 0.15) is 0 Å². The van der Waals surface area contributed by atoms with E-state index in [0.29, 0.717) is 12.0 Å². The lowest BCUT2D eigenvalue weighted by Gasteiger charge is -2.15. The van der Waals surface area contributed by atoms with Crippen molar-refractivity contribution < 1.29 is 27.4 Å². The maximum absolute atomic E-state index is 12.4. The molecule has 0 spiro atoms. The Morgan fingerprint density at radius 2 is 1.62 bits per heavy atom. The number of rotatable bonds is 5. The molecule has 128 valence electrons. The first-order chi connectivity index (χ1) is 11.4. The van der Waals surface area contributed by atoms with Gasteiger partial charge in [-0.3, -0.25) is 0 Å². The van der Waals surface area contributed by atoms with Crippen LogP contribution in [0.25, 0.3) is 0 Å². The van der Waals surface area contributed by atoms with Crippen molar-refractivity contribution in [3.8, 4) is 11.5 Å². The third kappa shape index (κ3) is 4.28. The molecule has 2 rings (SSSR count). The van der Waals surface area contributed by atoms with E-state index in [2.05, 4.69) is 4.74 Å². The molecule has 3 nitrogen and oxygen atoms in total. The van der Waals surface area contributed by atoms with Crippen LogP contribution in [0.2, 0.25) is 0 Å². The number of carbonyl (C=O) groups is 1. The van der Waals surface area contributed by atoms with Gasteiger partial charge in [0.05, 0.1) is 5.56 Å². The van der Waals surface area contributed by atoms with Crippen LogP contribution in [-0.4, -0.2) is 12.3 Å². The molecular weight excluding hydrogens is 321 g/mol. The summed E-state index contributed by atoms with van der Waals surface area (Å²) in [6.07, 6.45) is -3.49. The molecule has 0 aliphatic heterocycles. The van der Waals surface area contributed by atoms with Gasteiger partial charge in [-0.05, 0) is 42.2 Å². The lowest BCUT2D eigenvalue weighted by atomic mass is 9.97. The minimum atomic E-state index is -4.86. The number of aryl methyl sites for hydroxylation is 1. The molecule has 24 heavy (non-hydrogen) atoms. The van der Waals surface area contributed by atoms with Gasteiger partial charge >= 0.3 is 12.3 Å². The molecule has 0 amide bonds. The highest BCUT2D eigenvalue weighted by atomic mass is 19.4. The summed E-state index contributed by atoms with van der Waals surface area (Å²) < 4.78 is 46.4. The highest BCUT2D eigenvalue weighted by Crippen LogP contribution is 2.32. The summed E-state index contributed by atoms with van der Waals surface area (Å²) in [5.74, 6) is -1.54. The molecule has 0 aliphatic carbocycles. The minimum absolute atomic E-state index is 0.274. The summed E-state index contributed by atoms with van der Waals surface area (Å²) >= 11 is 0. The summed E-state index contributed by atoms with van der Waals surface area (Å²) in [6, 6.07) is 10.4. The van der Waals surface area contributed by atoms with E-state index in [-0.39, 0.29) is 5.75 Å². The van der Waals surface area contributed by atoms with E-state index in [0.717, 1.165) is 23.6 Å². The van der Waals surface area contributed by atoms with Crippen LogP contribution in [0.15, 0.2) is 42.5 Å². The second-order valence-electron chi connectivity index (χ2n) is 5.03. The molecule has 2 aromatic rings. The molecule has 0 bridgehead atoms.